The van der Waals surface area contributed by atoms with Gasteiger partial charge in [-0.2, -0.15) is 5.10 Å². The summed E-state index contributed by atoms with van der Waals surface area (Å²) in [5, 5.41) is 6.35. The van der Waals surface area contributed by atoms with Crippen LogP contribution in [0.1, 0.15) is 20.8 Å². The van der Waals surface area contributed by atoms with Crippen molar-refractivity contribution < 1.29 is 13.2 Å². The maximum atomic E-state index is 13.8. The Hall–Kier alpha value is -1.63. The van der Waals surface area contributed by atoms with Crippen molar-refractivity contribution in [2.75, 3.05) is 0 Å². The van der Waals surface area contributed by atoms with Crippen LogP contribution in [0, 0.1) is 22.2 Å². The van der Waals surface area contributed by atoms with E-state index in [0.29, 0.717) is 12.1 Å². The van der Waals surface area contributed by atoms with Crippen LogP contribution in [0.25, 0.3) is 11.4 Å². The van der Waals surface area contributed by atoms with Crippen molar-refractivity contribution in [3.05, 3.63) is 34.4 Å². The van der Waals surface area contributed by atoms with Crippen molar-refractivity contribution in [3.63, 3.8) is 0 Å². The first-order chi connectivity index (χ1) is 8.71. The molecule has 2 aromatic rings. The van der Waals surface area contributed by atoms with E-state index in [0.717, 1.165) is 0 Å². The average molecular weight is 287 g/mol. The minimum Gasteiger partial charge on any atom is -0.295 e. The van der Waals surface area contributed by atoms with E-state index >= 15 is 0 Å². The number of H-pyrrole nitrogens is 1. The molecular weight excluding hydrogens is 275 g/mol. The first-order valence-electron chi connectivity index (χ1n) is 5.54. The molecule has 0 spiro atoms. The Bertz CT molecular complexity index is 659. The summed E-state index contributed by atoms with van der Waals surface area (Å²) < 4.78 is 42.2. The van der Waals surface area contributed by atoms with E-state index in [4.69, 9.17) is 12.2 Å². The fourth-order valence-corrected chi connectivity index (χ4v) is 2.25. The number of aromatic nitrogens is 3. The summed E-state index contributed by atoms with van der Waals surface area (Å²) in [4.78, 5) is 0. The second kappa shape index (κ2) is 4.48. The third-order valence-corrected chi connectivity index (χ3v) is 2.85. The Morgan fingerprint density at radius 1 is 1.16 bits per heavy atom. The number of aromatic amines is 1. The molecule has 0 bridgehead atoms. The lowest BCUT2D eigenvalue weighted by atomic mass is 10.1. The zero-order valence-corrected chi connectivity index (χ0v) is 11.4. The number of nitrogens with one attached hydrogen (secondary N) is 1. The third-order valence-electron chi connectivity index (χ3n) is 2.57. The van der Waals surface area contributed by atoms with E-state index in [9.17, 15) is 13.2 Å². The minimum absolute atomic E-state index is 0.00694. The molecule has 0 aliphatic heterocycles. The lowest BCUT2D eigenvalue weighted by Crippen LogP contribution is -2.23. The summed E-state index contributed by atoms with van der Waals surface area (Å²) in [5.41, 5.74) is -0.921. The van der Waals surface area contributed by atoms with Gasteiger partial charge in [0.25, 0.3) is 0 Å². The normalized spacial score (nSPS) is 11.9. The van der Waals surface area contributed by atoms with Crippen molar-refractivity contribution in [2.45, 2.75) is 26.3 Å². The molecule has 1 heterocycles. The predicted octanol–water partition coefficient (Wildman–Crippen LogP) is 3.78. The van der Waals surface area contributed by atoms with Gasteiger partial charge in [-0.3, -0.25) is 9.67 Å². The van der Waals surface area contributed by atoms with Crippen molar-refractivity contribution in [2.24, 2.45) is 0 Å². The molecule has 0 radical (unpaired) electrons. The first kappa shape index (κ1) is 13.8. The van der Waals surface area contributed by atoms with Crippen molar-refractivity contribution in [3.8, 4) is 11.4 Å². The number of rotatable bonds is 1. The Labute approximate surface area is 113 Å². The van der Waals surface area contributed by atoms with Gasteiger partial charge in [0.2, 0.25) is 0 Å². The fraction of sp³-hybridized carbons (Fsp3) is 0.333. The summed E-state index contributed by atoms with van der Waals surface area (Å²) in [6.45, 7) is 5.46. The Morgan fingerprint density at radius 3 is 2.16 bits per heavy atom. The highest BCUT2D eigenvalue weighted by atomic mass is 32.1. The number of halogens is 3. The summed E-state index contributed by atoms with van der Waals surface area (Å²) in [5.74, 6) is -3.00. The molecule has 0 amide bonds. The quantitative estimate of drug-likeness (QED) is 0.810. The maximum Gasteiger partial charge on any atom is 0.195 e. The molecule has 0 saturated carbocycles. The second-order valence-corrected chi connectivity index (χ2v) is 5.49. The standard InChI is InChI=1S/C12H12F3N3S/c1-12(2,3)18-10(16-17-11(18)19)9-7(14)4-6(13)5-8(9)15/h4-5H,1-3H3,(H,17,19). The lowest BCUT2D eigenvalue weighted by Gasteiger charge is -2.22. The Morgan fingerprint density at radius 2 is 1.68 bits per heavy atom. The molecule has 0 saturated heterocycles. The van der Waals surface area contributed by atoms with Crippen LogP contribution in [-0.4, -0.2) is 14.8 Å². The molecule has 1 aromatic heterocycles. The van der Waals surface area contributed by atoms with E-state index in [1.165, 1.54) is 4.57 Å². The van der Waals surface area contributed by atoms with Crippen LogP contribution >= 0.6 is 12.2 Å². The van der Waals surface area contributed by atoms with E-state index in [-0.39, 0.29) is 10.6 Å². The molecule has 19 heavy (non-hydrogen) atoms. The van der Waals surface area contributed by atoms with Gasteiger partial charge in [0.05, 0.1) is 5.56 Å². The molecule has 1 N–H and O–H groups in total. The smallest absolute Gasteiger partial charge is 0.195 e. The molecule has 0 aliphatic carbocycles. The van der Waals surface area contributed by atoms with Crippen LogP contribution in [-0.2, 0) is 5.54 Å². The van der Waals surface area contributed by atoms with Gasteiger partial charge in [-0.15, -0.1) is 0 Å². The lowest BCUT2D eigenvalue weighted by molar-refractivity contribution is 0.394. The molecule has 0 fully saturated rings. The molecule has 102 valence electrons. The highest BCUT2D eigenvalue weighted by molar-refractivity contribution is 7.71. The van der Waals surface area contributed by atoms with Crippen LogP contribution in [0.3, 0.4) is 0 Å². The van der Waals surface area contributed by atoms with E-state index in [1.54, 1.807) is 0 Å². The zero-order valence-electron chi connectivity index (χ0n) is 10.6. The molecule has 0 atom stereocenters. The van der Waals surface area contributed by atoms with E-state index in [1.807, 2.05) is 20.8 Å². The predicted molar refractivity (Wildman–Crippen MR) is 67.7 cm³/mol. The van der Waals surface area contributed by atoms with Crippen LogP contribution in [0.4, 0.5) is 13.2 Å². The van der Waals surface area contributed by atoms with E-state index in [2.05, 4.69) is 10.2 Å². The van der Waals surface area contributed by atoms with Crippen molar-refractivity contribution in [1.82, 2.24) is 14.8 Å². The average Bonchev–Trinajstić information content (AvgIpc) is 2.57. The van der Waals surface area contributed by atoms with Gasteiger partial charge in [-0.1, -0.05) is 0 Å². The highest BCUT2D eigenvalue weighted by Gasteiger charge is 2.25. The summed E-state index contributed by atoms with van der Waals surface area (Å²) >= 11 is 5.06. The molecule has 7 heteroatoms. The van der Waals surface area contributed by atoms with Crippen LogP contribution in [0.5, 0.6) is 0 Å². The molecule has 2 rings (SSSR count). The third kappa shape index (κ3) is 2.42. The number of nitrogens with zero attached hydrogens (tertiary/aromatic N) is 2. The van der Waals surface area contributed by atoms with E-state index < -0.39 is 28.6 Å². The van der Waals surface area contributed by atoms with Gasteiger partial charge >= 0.3 is 0 Å². The monoisotopic (exact) mass is 287 g/mol. The Kier molecular flexibility index (Phi) is 3.25. The summed E-state index contributed by atoms with van der Waals surface area (Å²) in [6, 6.07) is 1.23. The Balaban J connectivity index is 2.78. The summed E-state index contributed by atoms with van der Waals surface area (Å²) in [6.07, 6.45) is 0. The molecule has 3 nitrogen and oxygen atoms in total. The fourth-order valence-electron chi connectivity index (χ4n) is 1.84. The van der Waals surface area contributed by atoms with Gasteiger partial charge in [0, 0.05) is 17.7 Å². The maximum absolute atomic E-state index is 13.8. The molecular formula is C12H12F3N3S. The molecule has 0 aliphatic rings. The zero-order chi connectivity index (χ0) is 14.4. The van der Waals surface area contributed by atoms with Crippen LogP contribution < -0.4 is 0 Å². The van der Waals surface area contributed by atoms with Crippen molar-refractivity contribution in [1.29, 1.82) is 0 Å². The van der Waals surface area contributed by atoms with Gasteiger partial charge in [-0.25, -0.2) is 13.2 Å². The molecule has 0 unspecified atom stereocenters. The number of hydrogen-bond donors (Lipinski definition) is 1. The van der Waals surface area contributed by atoms with Crippen LogP contribution in [0.15, 0.2) is 12.1 Å². The topological polar surface area (TPSA) is 33.6 Å². The highest BCUT2D eigenvalue weighted by Crippen LogP contribution is 2.29. The first-order valence-corrected chi connectivity index (χ1v) is 5.95. The van der Waals surface area contributed by atoms with Gasteiger partial charge in [-0.05, 0) is 33.0 Å². The largest absolute Gasteiger partial charge is 0.295 e. The van der Waals surface area contributed by atoms with Crippen molar-refractivity contribution >= 4 is 12.2 Å². The van der Waals surface area contributed by atoms with Gasteiger partial charge in [0.15, 0.2) is 10.6 Å². The molecule has 1 aromatic carbocycles. The SMILES string of the molecule is CC(C)(C)n1c(-c2c(F)cc(F)cc2F)n[nH]c1=S. The van der Waals surface area contributed by atoms with Crippen LogP contribution in [0.2, 0.25) is 0 Å². The van der Waals surface area contributed by atoms with Gasteiger partial charge < -0.3 is 0 Å². The minimum atomic E-state index is -1.02. The van der Waals surface area contributed by atoms with Gasteiger partial charge in [0.1, 0.15) is 17.5 Å². The second-order valence-electron chi connectivity index (χ2n) is 5.10. The number of hydrogen-bond acceptors (Lipinski definition) is 2. The number of benzene rings is 1. The summed E-state index contributed by atoms with van der Waals surface area (Å²) in [7, 11) is 0.